The molecule has 0 saturated carbocycles. The van der Waals surface area contributed by atoms with Crippen molar-refractivity contribution in [3.05, 3.63) is 52.0 Å². The largest absolute Gasteiger partial charge is 0.298 e. The van der Waals surface area contributed by atoms with Crippen LogP contribution in [0, 0.1) is 5.95 Å². The van der Waals surface area contributed by atoms with E-state index in [2.05, 4.69) is 4.98 Å². The predicted octanol–water partition coefficient (Wildman–Crippen LogP) is 4.01. The lowest BCUT2D eigenvalue weighted by atomic mass is 10.0. The van der Waals surface area contributed by atoms with Crippen LogP contribution >= 0.6 is 23.2 Å². The van der Waals surface area contributed by atoms with Crippen LogP contribution in [0.1, 0.15) is 10.4 Å². The highest BCUT2D eigenvalue weighted by Crippen LogP contribution is 2.36. The number of nitrogens with zero attached hydrogens (tertiary/aromatic N) is 1. The third-order valence-electron chi connectivity index (χ3n) is 2.28. The summed E-state index contributed by atoms with van der Waals surface area (Å²) in [6.07, 6.45) is 1.76. The second-order valence-electron chi connectivity index (χ2n) is 3.28. The van der Waals surface area contributed by atoms with Crippen molar-refractivity contribution in [1.82, 2.24) is 4.98 Å². The molecule has 0 atom stereocenters. The smallest absolute Gasteiger partial charge is 0.221 e. The summed E-state index contributed by atoms with van der Waals surface area (Å²) < 4.78 is 13.7. The number of halogens is 3. The molecule has 1 aromatic carbocycles. The first-order valence-corrected chi connectivity index (χ1v) is 5.45. The zero-order valence-corrected chi connectivity index (χ0v) is 9.97. The molecule has 86 valence electrons. The monoisotopic (exact) mass is 269 g/mol. The van der Waals surface area contributed by atoms with Gasteiger partial charge in [0.1, 0.15) is 0 Å². The molecule has 0 aliphatic rings. The molecular weight excluding hydrogens is 264 g/mol. The Hall–Kier alpha value is -1.45. The van der Waals surface area contributed by atoms with Crippen LogP contribution in [0.15, 0.2) is 30.5 Å². The normalized spacial score (nSPS) is 10.3. The van der Waals surface area contributed by atoms with E-state index < -0.39 is 5.95 Å². The van der Waals surface area contributed by atoms with Crippen LogP contribution in [0.3, 0.4) is 0 Å². The number of pyridine rings is 1. The number of carbonyl (C=O) groups is 1. The van der Waals surface area contributed by atoms with Crippen molar-refractivity contribution >= 4 is 29.5 Å². The van der Waals surface area contributed by atoms with Gasteiger partial charge in [-0.15, -0.1) is 0 Å². The Morgan fingerprint density at radius 3 is 2.35 bits per heavy atom. The van der Waals surface area contributed by atoms with E-state index in [1.165, 1.54) is 12.3 Å². The van der Waals surface area contributed by atoms with Crippen molar-refractivity contribution in [2.75, 3.05) is 0 Å². The Balaban J connectivity index is 2.81. The fourth-order valence-electron chi connectivity index (χ4n) is 1.53. The highest BCUT2D eigenvalue weighted by molar-refractivity contribution is 6.39. The molecule has 0 bridgehead atoms. The molecule has 2 rings (SSSR count). The van der Waals surface area contributed by atoms with Gasteiger partial charge in [0, 0.05) is 17.3 Å². The standard InChI is InChI=1S/C12H6Cl2FNO/c13-8-2-1-3-9(14)11(8)10-7(6-17)4-5-16-12(10)15/h1-6H. The maximum atomic E-state index is 13.7. The van der Waals surface area contributed by atoms with Gasteiger partial charge >= 0.3 is 0 Å². The van der Waals surface area contributed by atoms with E-state index in [1.807, 2.05) is 0 Å². The molecule has 0 radical (unpaired) electrons. The molecule has 1 heterocycles. The van der Waals surface area contributed by atoms with Crippen LogP contribution < -0.4 is 0 Å². The second kappa shape index (κ2) is 4.82. The van der Waals surface area contributed by atoms with Crippen molar-refractivity contribution in [3.63, 3.8) is 0 Å². The van der Waals surface area contributed by atoms with Crippen molar-refractivity contribution in [2.45, 2.75) is 0 Å². The molecule has 0 fully saturated rings. The van der Waals surface area contributed by atoms with Gasteiger partial charge in [-0.2, -0.15) is 4.39 Å². The molecule has 17 heavy (non-hydrogen) atoms. The van der Waals surface area contributed by atoms with E-state index in [4.69, 9.17) is 23.2 Å². The van der Waals surface area contributed by atoms with E-state index in [0.717, 1.165) is 0 Å². The molecule has 2 nitrogen and oxygen atoms in total. The van der Waals surface area contributed by atoms with E-state index >= 15 is 0 Å². The van der Waals surface area contributed by atoms with Gasteiger partial charge in [0.25, 0.3) is 0 Å². The topological polar surface area (TPSA) is 30.0 Å². The third kappa shape index (κ3) is 2.16. The molecule has 2 aromatic rings. The molecule has 0 N–H and O–H groups in total. The number of hydrogen-bond acceptors (Lipinski definition) is 2. The summed E-state index contributed by atoms with van der Waals surface area (Å²) in [5.74, 6) is -0.774. The van der Waals surface area contributed by atoms with Gasteiger partial charge in [-0.05, 0) is 18.2 Å². The van der Waals surface area contributed by atoms with Crippen molar-refractivity contribution < 1.29 is 9.18 Å². The SMILES string of the molecule is O=Cc1ccnc(F)c1-c1c(Cl)cccc1Cl. The minimum absolute atomic E-state index is 0.0260. The quantitative estimate of drug-likeness (QED) is 0.609. The lowest BCUT2D eigenvalue weighted by molar-refractivity contribution is 0.112. The zero-order chi connectivity index (χ0) is 12.4. The molecule has 0 saturated heterocycles. The summed E-state index contributed by atoms with van der Waals surface area (Å²) in [5, 5.41) is 0.542. The van der Waals surface area contributed by atoms with Gasteiger partial charge in [-0.3, -0.25) is 4.79 Å². The molecule has 0 unspecified atom stereocenters. The molecular formula is C12H6Cl2FNO. The number of carbonyl (C=O) groups excluding carboxylic acids is 1. The molecule has 0 aliphatic heterocycles. The number of hydrogen-bond donors (Lipinski definition) is 0. The summed E-state index contributed by atoms with van der Waals surface area (Å²) in [6.45, 7) is 0. The highest BCUT2D eigenvalue weighted by Gasteiger charge is 2.17. The summed E-state index contributed by atoms with van der Waals surface area (Å²) in [5.41, 5.74) is 0.467. The molecule has 5 heteroatoms. The molecule has 0 aliphatic carbocycles. The number of aldehydes is 1. The number of rotatable bonds is 2. The van der Waals surface area contributed by atoms with Gasteiger partial charge in [-0.25, -0.2) is 4.98 Å². The first kappa shape index (κ1) is 12.0. The lowest BCUT2D eigenvalue weighted by Gasteiger charge is -2.09. The van der Waals surface area contributed by atoms with Crippen molar-refractivity contribution in [2.24, 2.45) is 0 Å². The fraction of sp³-hybridized carbons (Fsp3) is 0. The lowest BCUT2D eigenvalue weighted by Crippen LogP contribution is -1.96. The van der Waals surface area contributed by atoms with E-state index in [1.54, 1.807) is 18.2 Å². The summed E-state index contributed by atoms with van der Waals surface area (Å²) in [4.78, 5) is 14.4. The Bertz CT molecular complexity index is 566. The van der Waals surface area contributed by atoms with Gasteiger partial charge < -0.3 is 0 Å². The van der Waals surface area contributed by atoms with Gasteiger partial charge in [0.2, 0.25) is 5.95 Å². The van der Waals surface area contributed by atoms with Crippen molar-refractivity contribution in [1.29, 1.82) is 0 Å². The minimum Gasteiger partial charge on any atom is -0.298 e. The van der Waals surface area contributed by atoms with E-state index in [9.17, 15) is 9.18 Å². The fourth-order valence-corrected chi connectivity index (χ4v) is 2.12. The van der Waals surface area contributed by atoms with E-state index in [-0.39, 0.29) is 26.7 Å². The number of benzene rings is 1. The summed E-state index contributed by atoms with van der Waals surface area (Å²) in [6, 6.07) is 6.20. The summed E-state index contributed by atoms with van der Waals surface area (Å²) >= 11 is 11.9. The third-order valence-corrected chi connectivity index (χ3v) is 2.91. The van der Waals surface area contributed by atoms with Crippen LogP contribution in [-0.2, 0) is 0 Å². The molecule has 0 spiro atoms. The Labute approximate surface area is 107 Å². The average molecular weight is 270 g/mol. The van der Waals surface area contributed by atoms with Crippen LogP contribution in [0.4, 0.5) is 4.39 Å². The van der Waals surface area contributed by atoms with Gasteiger partial charge in [0.15, 0.2) is 6.29 Å². The first-order chi connectivity index (χ1) is 8.15. The molecule has 1 aromatic heterocycles. The maximum absolute atomic E-state index is 13.7. The van der Waals surface area contributed by atoms with Crippen LogP contribution in [0.2, 0.25) is 10.0 Å². The first-order valence-electron chi connectivity index (χ1n) is 4.69. The summed E-state index contributed by atoms with van der Waals surface area (Å²) in [7, 11) is 0. The Morgan fingerprint density at radius 2 is 1.76 bits per heavy atom. The zero-order valence-electron chi connectivity index (χ0n) is 8.45. The van der Waals surface area contributed by atoms with Gasteiger partial charge in [0.05, 0.1) is 15.6 Å². The van der Waals surface area contributed by atoms with Crippen LogP contribution in [-0.4, -0.2) is 11.3 Å². The van der Waals surface area contributed by atoms with Gasteiger partial charge in [-0.1, -0.05) is 29.3 Å². The van der Waals surface area contributed by atoms with Crippen LogP contribution in [0.25, 0.3) is 11.1 Å². The Morgan fingerprint density at radius 1 is 1.12 bits per heavy atom. The minimum atomic E-state index is -0.774. The highest BCUT2D eigenvalue weighted by atomic mass is 35.5. The maximum Gasteiger partial charge on any atom is 0.221 e. The van der Waals surface area contributed by atoms with E-state index in [0.29, 0.717) is 6.29 Å². The predicted molar refractivity (Wildman–Crippen MR) is 65.0 cm³/mol. The van der Waals surface area contributed by atoms with Crippen molar-refractivity contribution in [3.8, 4) is 11.1 Å². The second-order valence-corrected chi connectivity index (χ2v) is 4.09. The molecule has 0 amide bonds. The Kier molecular flexibility index (Phi) is 3.41. The van der Waals surface area contributed by atoms with Crippen LogP contribution in [0.5, 0.6) is 0 Å². The number of aromatic nitrogens is 1. The average Bonchev–Trinajstić information content (AvgIpc) is 2.30.